The molecule has 9 nitrogen and oxygen atoms in total. The highest BCUT2D eigenvalue weighted by atomic mass is 19.1. The van der Waals surface area contributed by atoms with Gasteiger partial charge in [-0.2, -0.15) is 5.26 Å². The maximum Gasteiger partial charge on any atom is 0.256 e. The minimum Gasteiger partial charge on any atom is -0.382 e. The van der Waals surface area contributed by atoms with E-state index < -0.39 is 24.5 Å². The number of aromatic nitrogens is 3. The topological polar surface area (TPSA) is 125 Å². The number of carbonyl (C=O) groups is 2. The number of nitrogens with one attached hydrogen (secondary N) is 3. The van der Waals surface area contributed by atoms with E-state index in [-0.39, 0.29) is 11.6 Å². The van der Waals surface area contributed by atoms with E-state index in [2.05, 4.69) is 32.0 Å². The Morgan fingerprint density at radius 2 is 2.13 bits per heavy atom. The predicted molar refractivity (Wildman–Crippen MR) is 112 cm³/mol. The Kier molecular flexibility index (Phi) is 5.49. The van der Waals surface area contributed by atoms with Gasteiger partial charge in [0.2, 0.25) is 0 Å². The average Bonchev–Trinajstić information content (AvgIpc) is 3.51. The number of nitriles is 1. The minimum atomic E-state index is -1.84. The van der Waals surface area contributed by atoms with E-state index in [1.807, 2.05) is 6.07 Å². The Bertz CT molecular complexity index is 1200. The van der Waals surface area contributed by atoms with Gasteiger partial charge in [0.1, 0.15) is 17.5 Å². The van der Waals surface area contributed by atoms with Crippen molar-refractivity contribution in [2.75, 3.05) is 18.9 Å². The molecule has 1 aliphatic rings. The first-order valence-corrected chi connectivity index (χ1v) is 9.78. The van der Waals surface area contributed by atoms with Crippen LogP contribution in [0.3, 0.4) is 0 Å². The third kappa shape index (κ3) is 4.30. The Morgan fingerprint density at radius 3 is 2.84 bits per heavy atom. The second kappa shape index (κ2) is 8.39. The van der Waals surface area contributed by atoms with Crippen LogP contribution in [0.2, 0.25) is 0 Å². The molecule has 0 radical (unpaired) electrons. The van der Waals surface area contributed by atoms with Crippen molar-refractivity contribution in [2.24, 2.45) is 0 Å². The fourth-order valence-corrected chi connectivity index (χ4v) is 3.12. The number of carbonyl (C=O) groups excluding carboxylic acids is 2. The van der Waals surface area contributed by atoms with Crippen molar-refractivity contribution in [1.29, 1.82) is 5.26 Å². The number of hydrogen-bond acceptors (Lipinski definition) is 6. The van der Waals surface area contributed by atoms with Crippen LogP contribution in [0.5, 0.6) is 0 Å². The summed E-state index contributed by atoms with van der Waals surface area (Å²) >= 11 is 0. The normalized spacial score (nSPS) is 14.0. The maximum absolute atomic E-state index is 13.8. The van der Waals surface area contributed by atoms with E-state index in [9.17, 15) is 14.0 Å². The van der Waals surface area contributed by atoms with Crippen molar-refractivity contribution in [3.8, 4) is 11.9 Å². The lowest BCUT2D eigenvalue weighted by atomic mass is 10.2. The zero-order valence-corrected chi connectivity index (χ0v) is 16.7. The van der Waals surface area contributed by atoms with Crippen molar-refractivity contribution in [1.82, 2.24) is 25.2 Å². The molecule has 1 unspecified atom stereocenters. The Hall–Kier alpha value is -4.00. The van der Waals surface area contributed by atoms with Crippen LogP contribution in [-0.2, 0) is 4.79 Å². The van der Waals surface area contributed by atoms with Gasteiger partial charge in [0.25, 0.3) is 11.8 Å². The van der Waals surface area contributed by atoms with Crippen LogP contribution in [0.25, 0.3) is 16.9 Å². The average molecular weight is 421 g/mol. The lowest BCUT2D eigenvalue weighted by Gasteiger charge is -2.14. The number of rotatable bonds is 7. The molecule has 3 heterocycles. The van der Waals surface area contributed by atoms with E-state index in [1.54, 1.807) is 22.9 Å². The van der Waals surface area contributed by atoms with E-state index in [0.717, 1.165) is 18.2 Å². The molecule has 1 aliphatic carbocycles. The van der Waals surface area contributed by atoms with Gasteiger partial charge in [-0.15, -0.1) is 0 Å². The summed E-state index contributed by atoms with van der Waals surface area (Å²) in [5.41, 5.74) is 1.92. The maximum atomic E-state index is 13.8. The SMILES string of the molecule is CNC(=O)C(F)CNC(=O)c1cnc(-n2ccc3cc(C#N)cnc32)cc1NC1CC1. The number of halogens is 1. The minimum absolute atomic E-state index is 0.260. The molecule has 158 valence electrons. The van der Waals surface area contributed by atoms with Gasteiger partial charge in [-0.05, 0) is 25.0 Å². The lowest BCUT2D eigenvalue weighted by molar-refractivity contribution is -0.125. The molecule has 4 rings (SSSR count). The van der Waals surface area contributed by atoms with E-state index in [4.69, 9.17) is 5.26 Å². The highest BCUT2D eigenvalue weighted by Gasteiger charge is 2.25. The zero-order valence-electron chi connectivity index (χ0n) is 16.7. The standard InChI is InChI=1S/C21H20FN7O2/c1-24-21(31)16(22)11-27-20(30)15-10-25-18(7-17(15)28-14-2-3-14)29-5-4-13-6-12(8-23)9-26-19(13)29/h4-7,9-10,14,16H,2-3,11H2,1H3,(H,24,31)(H,25,28)(H,27,30). The van der Waals surface area contributed by atoms with E-state index in [1.165, 1.54) is 19.4 Å². The molecule has 0 aliphatic heterocycles. The molecule has 0 bridgehead atoms. The molecular weight excluding hydrogens is 401 g/mol. The Morgan fingerprint density at radius 1 is 1.32 bits per heavy atom. The van der Waals surface area contributed by atoms with Crippen LogP contribution in [0, 0.1) is 11.3 Å². The van der Waals surface area contributed by atoms with E-state index in [0.29, 0.717) is 22.7 Å². The van der Waals surface area contributed by atoms with Gasteiger partial charge < -0.3 is 16.0 Å². The zero-order chi connectivity index (χ0) is 22.0. The van der Waals surface area contributed by atoms with E-state index >= 15 is 0 Å². The Labute approximate surface area is 177 Å². The Balaban J connectivity index is 1.62. The number of anilines is 1. The van der Waals surface area contributed by atoms with Gasteiger partial charge in [-0.25, -0.2) is 14.4 Å². The highest BCUT2D eigenvalue weighted by Crippen LogP contribution is 2.28. The second-order valence-corrected chi connectivity index (χ2v) is 7.23. The van der Waals surface area contributed by atoms with Gasteiger partial charge in [0, 0.05) is 43.1 Å². The van der Waals surface area contributed by atoms with Crippen molar-refractivity contribution in [3.05, 3.63) is 47.9 Å². The molecule has 1 atom stereocenters. The summed E-state index contributed by atoms with van der Waals surface area (Å²) in [7, 11) is 1.33. The smallest absolute Gasteiger partial charge is 0.256 e. The number of fused-ring (bicyclic) bond motifs is 1. The van der Waals surface area contributed by atoms with Crippen molar-refractivity contribution >= 4 is 28.5 Å². The third-order valence-corrected chi connectivity index (χ3v) is 4.95. The molecule has 1 fully saturated rings. The largest absolute Gasteiger partial charge is 0.382 e. The first-order valence-electron chi connectivity index (χ1n) is 9.78. The quantitative estimate of drug-likeness (QED) is 0.533. The molecule has 3 N–H and O–H groups in total. The van der Waals surface area contributed by atoms with Gasteiger partial charge in [0.15, 0.2) is 6.17 Å². The number of nitrogens with zero attached hydrogens (tertiary/aromatic N) is 4. The summed E-state index contributed by atoms with van der Waals surface area (Å²) < 4.78 is 15.5. The van der Waals surface area contributed by atoms with Crippen LogP contribution in [0.15, 0.2) is 36.8 Å². The summed E-state index contributed by atoms with van der Waals surface area (Å²) in [5, 5.41) is 17.8. The molecule has 10 heteroatoms. The van der Waals surface area contributed by atoms with Crippen LogP contribution in [0.1, 0.15) is 28.8 Å². The molecule has 0 saturated heterocycles. The van der Waals surface area contributed by atoms with Crippen molar-refractivity contribution < 1.29 is 14.0 Å². The second-order valence-electron chi connectivity index (χ2n) is 7.23. The molecular formula is C21H20FN7O2. The summed E-state index contributed by atoms with van der Waals surface area (Å²) in [6.07, 6.45) is 4.84. The molecule has 1 saturated carbocycles. The number of hydrogen-bond donors (Lipinski definition) is 3. The summed E-state index contributed by atoms with van der Waals surface area (Å²) in [5.74, 6) is -0.778. The van der Waals surface area contributed by atoms with Crippen LogP contribution >= 0.6 is 0 Å². The van der Waals surface area contributed by atoms with Gasteiger partial charge in [-0.1, -0.05) is 0 Å². The van der Waals surface area contributed by atoms with Crippen LogP contribution in [0.4, 0.5) is 10.1 Å². The first kappa shape index (κ1) is 20.3. The van der Waals surface area contributed by atoms with Crippen molar-refractivity contribution in [2.45, 2.75) is 25.1 Å². The van der Waals surface area contributed by atoms with Crippen LogP contribution in [-0.4, -0.2) is 52.2 Å². The number of amides is 2. The first-order chi connectivity index (χ1) is 15.0. The predicted octanol–water partition coefficient (Wildman–Crippen LogP) is 1.68. The molecule has 0 aromatic carbocycles. The molecule has 3 aromatic heterocycles. The van der Waals surface area contributed by atoms with Crippen LogP contribution < -0.4 is 16.0 Å². The van der Waals surface area contributed by atoms with Crippen molar-refractivity contribution in [3.63, 3.8) is 0 Å². The summed E-state index contributed by atoms with van der Waals surface area (Å²) in [6, 6.07) is 7.63. The monoisotopic (exact) mass is 421 g/mol. The fraction of sp³-hybridized carbons (Fsp3) is 0.286. The van der Waals surface area contributed by atoms with Gasteiger partial charge in [-0.3, -0.25) is 14.2 Å². The molecule has 2 amide bonds. The molecule has 31 heavy (non-hydrogen) atoms. The summed E-state index contributed by atoms with van der Waals surface area (Å²) in [4.78, 5) is 32.7. The van der Waals surface area contributed by atoms with Gasteiger partial charge in [0.05, 0.1) is 23.4 Å². The fourth-order valence-electron chi connectivity index (χ4n) is 3.12. The van der Waals surface area contributed by atoms with Gasteiger partial charge >= 0.3 is 0 Å². The number of alkyl halides is 1. The lowest BCUT2D eigenvalue weighted by Crippen LogP contribution is -2.39. The number of pyridine rings is 2. The molecule has 3 aromatic rings. The summed E-state index contributed by atoms with van der Waals surface area (Å²) in [6.45, 7) is -0.434. The molecule has 0 spiro atoms. The third-order valence-electron chi connectivity index (χ3n) is 4.95. The highest BCUT2D eigenvalue weighted by molar-refractivity contribution is 6.00.